The minimum absolute atomic E-state index is 0.0898. The molecule has 1 aliphatic heterocycles. The van der Waals surface area contributed by atoms with Crippen LogP contribution in [0.2, 0.25) is 5.15 Å². The van der Waals surface area contributed by atoms with E-state index in [1.54, 1.807) is 12.1 Å². The van der Waals surface area contributed by atoms with Crippen molar-refractivity contribution in [2.24, 2.45) is 0 Å². The highest BCUT2D eigenvalue weighted by molar-refractivity contribution is 6.29. The number of anilines is 1. The van der Waals surface area contributed by atoms with Crippen LogP contribution in [-0.2, 0) is 4.74 Å². The van der Waals surface area contributed by atoms with E-state index in [1.807, 2.05) is 6.92 Å². The van der Waals surface area contributed by atoms with Crippen LogP contribution in [0, 0.1) is 0 Å². The molecule has 1 amide bonds. The van der Waals surface area contributed by atoms with Gasteiger partial charge in [-0.15, -0.1) is 0 Å². The molecule has 98 valence electrons. The van der Waals surface area contributed by atoms with Crippen molar-refractivity contribution in [3.05, 3.63) is 22.8 Å². The van der Waals surface area contributed by atoms with Crippen LogP contribution < -0.4 is 10.6 Å². The predicted molar refractivity (Wildman–Crippen MR) is 70.1 cm³/mol. The van der Waals surface area contributed by atoms with Gasteiger partial charge >= 0.3 is 0 Å². The first kappa shape index (κ1) is 13.1. The van der Waals surface area contributed by atoms with E-state index in [0.29, 0.717) is 29.7 Å². The molecule has 1 saturated heterocycles. The SMILES string of the molecule is CCNc1cc(C(=O)NC2CCOC2)cc(Cl)n1. The Bertz CT molecular complexity index is 433. The molecule has 1 aliphatic rings. The van der Waals surface area contributed by atoms with Crippen molar-refractivity contribution < 1.29 is 9.53 Å². The van der Waals surface area contributed by atoms with E-state index in [2.05, 4.69) is 15.6 Å². The zero-order chi connectivity index (χ0) is 13.0. The van der Waals surface area contributed by atoms with Gasteiger partial charge in [0, 0.05) is 18.7 Å². The summed E-state index contributed by atoms with van der Waals surface area (Å²) in [5.74, 6) is 0.465. The maximum atomic E-state index is 12.0. The quantitative estimate of drug-likeness (QED) is 0.817. The number of carbonyl (C=O) groups is 1. The number of aromatic nitrogens is 1. The number of amides is 1. The normalized spacial score (nSPS) is 18.7. The van der Waals surface area contributed by atoms with Crippen LogP contribution in [0.5, 0.6) is 0 Å². The van der Waals surface area contributed by atoms with E-state index in [-0.39, 0.29) is 11.9 Å². The number of nitrogens with zero attached hydrogens (tertiary/aromatic N) is 1. The van der Waals surface area contributed by atoms with Crippen LogP contribution in [0.1, 0.15) is 23.7 Å². The van der Waals surface area contributed by atoms with E-state index in [1.165, 1.54) is 0 Å². The first-order chi connectivity index (χ1) is 8.69. The van der Waals surface area contributed by atoms with Gasteiger partial charge in [0.05, 0.1) is 12.6 Å². The van der Waals surface area contributed by atoms with Gasteiger partial charge in [-0.3, -0.25) is 4.79 Å². The van der Waals surface area contributed by atoms with Gasteiger partial charge < -0.3 is 15.4 Å². The van der Waals surface area contributed by atoms with E-state index in [4.69, 9.17) is 16.3 Å². The molecule has 0 aliphatic carbocycles. The summed E-state index contributed by atoms with van der Waals surface area (Å²) in [6.45, 7) is 3.96. The van der Waals surface area contributed by atoms with E-state index >= 15 is 0 Å². The smallest absolute Gasteiger partial charge is 0.251 e. The van der Waals surface area contributed by atoms with Crippen molar-refractivity contribution in [1.29, 1.82) is 0 Å². The van der Waals surface area contributed by atoms with Crippen molar-refractivity contribution in [3.8, 4) is 0 Å². The molecule has 0 bridgehead atoms. The number of ether oxygens (including phenoxy) is 1. The third-order valence-corrected chi connectivity index (χ3v) is 2.87. The zero-order valence-electron chi connectivity index (χ0n) is 10.2. The second-order valence-electron chi connectivity index (χ2n) is 4.13. The summed E-state index contributed by atoms with van der Waals surface area (Å²) in [6, 6.07) is 3.35. The number of halogens is 1. The molecule has 1 atom stereocenters. The van der Waals surface area contributed by atoms with Gasteiger partial charge in [-0.25, -0.2) is 4.98 Å². The molecule has 18 heavy (non-hydrogen) atoms. The molecule has 0 aromatic carbocycles. The van der Waals surface area contributed by atoms with Crippen molar-refractivity contribution in [2.45, 2.75) is 19.4 Å². The Balaban J connectivity index is 2.08. The Hall–Kier alpha value is -1.33. The Kier molecular flexibility index (Phi) is 4.38. The molecule has 1 aromatic heterocycles. The van der Waals surface area contributed by atoms with Gasteiger partial charge in [0.15, 0.2) is 0 Å². The molecule has 1 aromatic rings. The molecule has 0 saturated carbocycles. The lowest BCUT2D eigenvalue weighted by Crippen LogP contribution is -2.35. The molecule has 2 N–H and O–H groups in total. The molecule has 5 nitrogen and oxygen atoms in total. The van der Waals surface area contributed by atoms with E-state index in [9.17, 15) is 4.79 Å². The van der Waals surface area contributed by atoms with Crippen LogP contribution in [0.4, 0.5) is 5.82 Å². The Morgan fingerprint density at radius 3 is 3.11 bits per heavy atom. The molecule has 6 heteroatoms. The fraction of sp³-hybridized carbons (Fsp3) is 0.500. The lowest BCUT2D eigenvalue weighted by molar-refractivity contribution is 0.0930. The first-order valence-corrected chi connectivity index (χ1v) is 6.37. The average Bonchev–Trinajstić information content (AvgIpc) is 2.81. The molecular weight excluding hydrogens is 254 g/mol. The second-order valence-corrected chi connectivity index (χ2v) is 4.52. The van der Waals surface area contributed by atoms with Crippen LogP contribution in [-0.4, -0.2) is 36.7 Å². The fourth-order valence-electron chi connectivity index (χ4n) is 1.82. The van der Waals surface area contributed by atoms with Crippen molar-refractivity contribution >= 4 is 23.3 Å². The first-order valence-electron chi connectivity index (χ1n) is 5.99. The topological polar surface area (TPSA) is 63.2 Å². The average molecular weight is 270 g/mol. The van der Waals surface area contributed by atoms with Gasteiger partial charge in [0.1, 0.15) is 11.0 Å². The summed E-state index contributed by atoms with van der Waals surface area (Å²) >= 11 is 5.89. The molecule has 1 fully saturated rings. The Morgan fingerprint density at radius 2 is 2.44 bits per heavy atom. The second kappa shape index (κ2) is 6.02. The highest BCUT2D eigenvalue weighted by Crippen LogP contribution is 2.15. The van der Waals surface area contributed by atoms with Gasteiger partial charge in [0.2, 0.25) is 0 Å². The summed E-state index contributed by atoms with van der Waals surface area (Å²) in [6.07, 6.45) is 0.852. The number of rotatable bonds is 4. The lowest BCUT2D eigenvalue weighted by Gasteiger charge is -2.11. The third-order valence-electron chi connectivity index (χ3n) is 2.68. The van der Waals surface area contributed by atoms with Gasteiger partial charge in [0.25, 0.3) is 5.91 Å². The number of carbonyl (C=O) groups excluding carboxylic acids is 1. The van der Waals surface area contributed by atoms with Gasteiger partial charge in [-0.1, -0.05) is 11.6 Å². The van der Waals surface area contributed by atoms with Gasteiger partial charge in [-0.2, -0.15) is 0 Å². The molecule has 2 heterocycles. The largest absolute Gasteiger partial charge is 0.379 e. The Labute approximate surface area is 111 Å². The summed E-state index contributed by atoms with van der Waals surface area (Å²) in [5.41, 5.74) is 0.512. The summed E-state index contributed by atoms with van der Waals surface area (Å²) < 4.78 is 5.21. The summed E-state index contributed by atoms with van der Waals surface area (Å²) in [7, 11) is 0. The van der Waals surface area contributed by atoms with Crippen LogP contribution in [0.25, 0.3) is 0 Å². The summed E-state index contributed by atoms with van der Waals surface area (Å²) in [5, 5.41) is 6.26. The number of hydrogen-bond donors (Lipinski definition) is 2. The van der Waals surface area contributed by atoms with Crippen LogP contribution in [0.3, 0.4) is 0 Å². The molecule has 2 rings (SSSR count). The molecule has 0 spiro atoms. The maximum Gasteiger partial charge on any atom is 0.251 e. The Morgan fingerprint density at radius 1 is 1.61 bits per heavy atom. The predicted octanol–water partition coefficient (Wildman–Crippen LogP) is 1.69. The van der Waals surface area contributed by atoms with Crippen LogP contribution >= 0.6 is 11.6 Å². The molecule has 0 radical (unpaired) electrons. The molecular formula is C12H16ClN3O2. The third kappa shape index (κ3) is 3.34. The highest BCUT2D eigenvalue weighted by atomic mass is 35.5. The standard InChI is InChI=1S/C12H16ClN3O2/c1-2-14-11-6-8(5-10(13)16-11)12(17)15-9-3-4-18-7-9/h5-6,9H,2-4,7H2,1H3,(H,14,16)(H,15,17). The van der Waals surface area contributed by atoms with E-state index < -0.39 is 0 Å². The summed E-state index contributed by atoms with van der Waals surface area (Å²) in [4.78, 5) is 16.1. The zero-order valence-corrected chi connectivity index (χ0v) is 11.0. The van der Waals surface area contributed by atoms with Gasteiger partial charge in [-0.05, 0) is 25.5 Å². The van der Waals surface area contributed by atoms with Crippen molar-refractivity contribution in [3.63, 3.8) is 0 Å². The minimum atomic E-state index is -0.144. The minimum Gasteiger partial charge on any atom is -0.379 e. The van der Waals surface area contributed by atoms with Crippen molar-refractivity contribution in [2.75, 3.05) is 25.1 Å². The highest BCUT2D eigenvalue weighted by Gasteiger charge is 2.19. The van der Waals surface area contributed by atoms with Crippen molar-refractivity contribution in [1.82, 2.24) is 10.3 Å². The number of nitrogens with one attached hydrogen (secondary N) is 2. The fourth-order valence-corrected chi connectivity index (χ4v) is 2.03. The van der Waals surface area contributed by atoms with E-state index in [0.717, 1.165) is 13.0 Å². The maximum absolute atomic E-state index is 12.0. The monoisotopic (exact) mass is 269 g/mol. The lowest BCUT2D eigenvalue weighted by atomic mass is 10.2. The number of pyridine rings is 1. The number of hydrogen-bond acceptors (Lipinski definition) is 4. The molecule has 1 unspecified atom stereocenters. The van der Waals surface area contributed by atoms with Crippen LogP contribution in [0.15, 0.2) is 12.1 Å².